The average molecular weight is 312 g/mol. The number of aromatic carboxylic acids is 1. The summed E-state index contributed by atoms with van der Waals surface area (Å²) in [6.07, 6.45) is 2.33. The van der Waals surface area contributed by atoms with Crippen LogP contribution in [0.1, 0.15) is 23.2 Å². The van der Waals surface area contributed by atoms with Crippen LogP contribution in [0.3, 0.4) is 0 Å². The lowest BCUT2D eigenvalue weighted by molar-refractivity contribution is 0.0697. The minimum atomic E-state index is -3.63. The number of nitrogens with zero attached hydrogens (tertiary/aromatic N) is 2. The van der Waals surface area contributed by atoms with Crippen molar-refractivity contribution in [2.75, 3.05) is 32.6 Å². The van der Waals surface area contributed by atoms with E-state index < -0.39 is 16.0 Å². The molecule has 1 N–H and O–H groups in total. The quantitative estimate of drug-likeness (QED) is 0.861. The van der Waals surface area contributed by atoms with Crippen molar-refractivity contribution in [1.82, 2.24) is 4.31 Å². The van der Waals surface area contributed by atoms with Crippen LogP contribution in [-0.4, -0.2) is 51.5 Å². The molecule has 0 aromatic heterocycles. The van der Waals surface area contributed by atoms with Gasteiger partial charge in [-0.1, -0.05) is 0 Å². The normalized spacial score (nSPS) is 15.2. The maximum atomic E-state index is 12.1. The van der Waals surface area contributed by atoms with Crippen molar-refractivity contribution in [2.24, 2.45) is 5.92 Å². The van der Waals surface area contributed by atoms with Crippen LogP contribution in [-0.2, 0) is 10.0 Å². The fourth-order valence-corrected chi connectivity index (χ4v) is 3.11. The molecule has 0 aliphatic heterocycles. The number of carbonyl (C=O) groups is 1. The molecule has 1 aliphatic carbocycles. The Morgan fingerprint density at radius 3 is 2.38 bits per heavy atom. The highest BCUT2D eigenvalue weighted by Crippen LogP contribution is 2.32. The molecule has 116 valence electrons. The molecule has 0 unspecified atom stereocenters. The first-order valence-corrected chi connectivity index (χ1v) is 8.18. The first-order chi connectivity index (χ1) is 9.73. The molecule has 1 aromatic carbocycles. The Bertz CT molecular complexity index is 651. The molecule has 7 heteroatoms. The van der Waals surface area contributed by atoms with Gasteiger partial charge in [0.1, 0.15) is 0 Å². The van der Waals surface area contributed by atoms with Gasteiger partial charge in [0.25, 0.3) is 0 Å². The van der Waals surface area contributed by atoms with E-state index in [0.717, 1.165) is 10.8 Å². The minimum Gasteiger partial charge on any atom is -0.478 e. The first kappa shape index (κ1) is 15.8. The van der Waals surface area contributed by atoms with Crippen LogP contribution < -0.4 is 4.90 Å². The molecule has 0 spiro atoms. The standard InChI is InChI=1S/C14H20N2O4S/c1-15(2)21(19,20)11-6-7-13(12(8-11)14(17)18)16(3)9-10-4-5-10/h6-8,10H,4-5,9H2,1-3H3,(H,17,18). The highest BCUT2D eigenvalue weighted by atomic mass is 32.2. The number of anilines is 1. The van der Waals surface area contributed by atoms with E-state index in [0.29, 0.717) is 11.6 Å². The molecule has 1 aliphatic rings. The van der Waals surface area contributed by atoms with Crippen LogP contribution in [0.25, 0.3) is 0 Å². The van der Waals surface area contributed by atoms with Crippen LogP contribution >= 0.6 is 0 Å². The van der Waals surface area contributed by atoms with Gasteiger partial charge in [0.15, 0.2) is 0 Å². The van der Waals surface area contributed by atoms with Crippen molar-refractivity contribution in [3.05, 3.63) is 23.8 Å². The summed E-state index contributed by atoms with van der Waals surface area (Å²) in [6.45, 7) is 0.792. The molecular weight excluding hydrogens is 292 g/mol. The maximum absolute atomic E-state index is 12.1. The molecule has 1 aromatic rings. The summed E-state index contributed by atoms with van der Waals surface area (Å²) in [4.78, 5) is 13.3. The third kappa shape index (κ3) is 3.36. The lowest BCUT2D eigenvalue weighted by Gasteiger charge is -2.22. The second-order valence-electron chi connectivity index (χ2n) is 5.60. The summed E-state index contributed by atoms with van der Waals surface area (Å²) < 4.78 is 25.3. The summed E-state index contributed by atoms with van der Waals surface area (Å²) in [5, 5.41) is 9.36. The number of hydrogen-bond donors (Lipinski definition) is 1. The van der Waals surface area contributed by atoms with E-state index >= 15 is 0 Å². The van der Waals surface area contributed by atoms with Crippen molar-refractivity contribution < 1.29 is 18.3 Å². The van der Waals surface area contributed by atoms with E-state index in [1.807, 2.05) is 11.9 Å². The van der Waals surface area contributed by atoms with Gasteiger partial charge in [-0.05, 0) is 37.0 Å². The molecule has 1 saturated carbocycles. The third-order valence-electron chi connectivity index (χ3n) is 3.62. The Hall–Kier alpha value is -1.60. The number of rotatable bonds is 6. The Morgan fingerprint density at radius 1 is 1.29 bits per heavy atom. The molecule has 1 fully saturated rings. The molecule has 21 heavy (non-hydrogen) atoms. The molecule has 0 amide bonds. The van der Waals surface area contributed by atoms with Gasteiger partial charge in [-0.15, -0.1) is 0 Å². The topological polar surface area (TPSA) is 77.9 Å². The van der Waals surface area contributed by atoms with Crippen LogP contribution in [0.2, 0.25) is 0 Å². The van der Waals surface area contributed by atoms with E-state index in [4.69, 9.17) is 0 Å². The fourth-order valence-electron chi connectivity index (χ4n) is 2.18. The zero-order valence-electron chi connectivity index (χ0n) is 12.4. The zero-order chi connectivity index (χ0) is 15.8. The molecule has 2 rings (SSSR count). The first-order valence-electron chi connectivity index (χ1n) is 6.74. The van der Waals surface area contributed by atoms with Crippen LogP contribution in [0.5, 0.6) is 0 Å². The summed E-state index contributed by atoms with van der Waals surface area (Å²) in [5.74, 6) is -0.509. The van der Waals surface area contributed by atoms with Gasteiger partial charge in [0, 0.05) is 27.7 Å². The van der Waals surface area contributed by atoms with E-state index in [1.54, 1.807) is 6.07 Å². The van der Waals surface area contributed by atoms with Crippen LogP contribution in [0, 0.1) is 5.92 Å². The highest BCUT2D eigenvalue weighted by Gasteiger charge is 2.26. The average Bonchev–Trinajstić information content (AvgIpc) is 3.21. The number of sulfonamides is 1. The highest BCUT2D eigenvalue weighted by molar-refractivity contribution is 7.89. The van der Waals surface area contributed by atoms with Gasteiger partial charge in [-0.25, -0.2) is 17.5 Å². The zero-order valence-corrected chi connectivity index (χ0v) is 13.2. The van der Waals surface area contributed by atoms with Crippen LogP contribution in [0.4, 0.5) is 5.69 Å². The third-order valence-corrected chi connectivity index (χ3v) is 5.43. The van der Waals surface area contributed by atoms with E-state index in [9.17, 15) is 18.3 Å². The second-order valence-corrected chi connectivity index (χ2v) is 7.75. The Balaban J connectivity index is 2.41. The number of hydrogen-bond acceptors (Lipinski definition) is 4. The number of carboxylic acids is 1. The monoisotopic (exact) mass is 312 g/mol. The summed E-state index contributed by atoms with van der Waals surface area (Å²) in [5.41, 5.74) is 0.563. The van der Waals surface area contributed by atoms with Crippen molar-refractivity contribution in [1.29, 1.82) is 0 Å². The van der Waals surface area contributed by atoms with Gasteiger partial charge >= 0.3 is 5.97 Å². The number of benzene rings is 1. The molecular formula is C14H20N2O4S. The summed E-state index contributed by atoms with van der Waals surface area (Å²) in [7, 11) is 1.04. The Kier molecular flexibility index (Phi) is 4.25. The lowest BCUT2D eigenvalue weighted by atomic mass is 10.1. The summed E-state index contributed by atoms with van der Waals surface area (Å²) >= 11 is 0. The van der Waals surface area contributed by atoms with Gasteiger partial charge in [0.05, 0.1) is 16.1 Å². The van der Waals surface area contributed by atoms with Crippen molar-refractivity contribution >= 4 is 21.7 Å². The van der Waals surface area contributed by atoms with E-state index in [1.165, 1.54) is 39.1 Å². The van der Waals surface area contributed by atoms with Crippen molar-refractivity contribution in [3.63, 3.8) is 0 Å². The Labute approximate surface area is 125 Å². The smallest absolute Gasteiger partial charge is 0.337 e. The molecule has 0 heterocycles. The fraction of sp³-hybridized carbons (Fsp3) is 0.500. The molecule has 0 radical (unpaired) electrons. The molecule has 0 saturated heterocycles. The predicted molar refractivity (Wildman–Crippen MR) is 80.3 cm³/mol. The van der Waals surface area contributed by atoms with Crippen molar-refractivity contribution in [2.45, 2.75) is 17.7 Å². The van der Waals surface area contributed by atoms with E-state index in [-0.39, 0.29) is 10.5 Å². The molecule has 6 nitrogen and oxygen atoms in total. The van der Waals surface area contributed by atoms with Gasteiger partial charge < -0.3 is 10.0 Å². The largest absolute Gasteiger partial charge is 0.478 e. The lowest BCUT2D eigenvalue weighted by Crippen LogP contribution is -2.25. The van der Waals surface area contributed by atoms with Crippen molar-refractivity contribution in [3.8, 4) is 0 Å². The molecule has 0 atom stereocenters. The van der Waals surface area contributed by atoms with Gasteiger partial charge in [-0.2, -0.15) is 0 Å². The van der Waals surface area contributed by atoms with Gasteiger partial charge in [-0.3, -0.25) is 0 Å². The Morgan fingerprint density at radius 2 is 1.90 bits per heavy atom. The second kappa shape index (κ2) is 5.65. The maximum Gasteiger partial charge on any atom is 0.337 e. The summed E-state index contributed by atoms with van der Waals surface area (Å²) in [6, 6.07) is 4.26. The van der Waals surface area contributed by atoms with Gasteiger partial charge in [0.2, 0.25) is 10.0 Å². The minimum absolute atomic E-state index is 0.00604. The number of carboxylic acid groups (broad SMARTS) is 1. The SMILES string of the molecule is CN(CC1CC1)c1ccc(S(=O)(=O)N(C)C)cc1C(=O)O. The predicted octanol–water partition coefficient (Wildman–Crippen LogP) is 1.48. The molecule has 0 bridgehead atoms. The van der Waals surface area contributed by atoms with E-state index in [2.05, 4.69) is 0 Å². The van der Waals surface area contributed by atoms with Crippen LogP contribution in [0.15, 0.2) is 23.1 Å².